The largest absolute Gasteiger partial charge is 0.465 e. The molecular weight excluding hydrogens is 297 g/mol. The van der Waals surface area contributed by atoms with Gasteiger partial charge < -0.3 is 10.1 Å². The van der Waals surface area contributed by atoms with Crippen LogP contribution in [0.2, 0.25) is 0 Å². The summed E-state index contributed by atoms with van der Waals surface area (Å²) in [6.45, 7) is 3.99. The summed E-state index contributed by atoms with van der Waals surface area (Å²) in [5.74, 6) is -0.349. The molecule has 0 spiro atoms. The Labute approximate surface area is 132 Å². The van der Waals surface area contributed by atoms with Gasteiger partial charge in [-0.3, -0.25) is 9.88 Å². The molecule has 0 aliphatic rings. The van der Waals surface area contributed by atoms with Crippen molar-refractivity contribution in [2.75, 3.05) is 4.90 Å². The van der Waals surface area contributed by atoms with Crippen molar-refractivity contribution >= 4 is 22.8 Å². The molecule has 6 heteroatoms. The zero-order valence-corrected chi connectivity index (χ0v) is 12.8. The van der Waals surface area contributed by atoms with Gasteiger partial charge in [0.1, 0.15) is 5.82 Å². The second-order valence-electron chi connectivity index (χ2n) is 5.42. The number of rotatable bonds is 3. The van der Waals surface area contributed by atoms with E-state index in [0.717, 1.165) is 16.8 Å². The van der Waals surface area contributed by atoms with E-state index in [1.807, 2.05) is 13.8 Å². The van der Waals surface area contributed by atoms with E-state index in [9.17, 15) is 14.3 Å². The minimum atomic E-state index is -1.08. The van der Waals surface area contributed by atoms with Crippen molar-refractivity contribution in [2.45, 2.75) is 20.4 Å². The lowest BCUT2D eigenvalue weighted by atomic mass is 10.2. The number of hydrogen-bond donors (Lipinski definition) is 2. The summed E-state index contributed by atoms with van der Waals surface area (Å²) in [5.41, 5.74) is 4.63. The van der Waals surface area contributed by atoms with E-state index in [1.165, 1.54) is 17.0 Å². The fraction of sp³-hybridized carbons (Fsp3) is 0.176. The van der Waals surface area contributed by atoms with Gasteiger partial charge in [-0.15, -0.1) is 0 Å². The molecule has 2 aromatic heterocycles. The summed E-state index contributed by atoms with van der Waals surface area (Å²) in [4.78, 5) is 20.5. The molecule has 0 aliphatic carbocycles. The van der Waals surface area contributed by atoms with Gasteiger partial charge in [-0.25, -0.2) is 9.18 Å². The van der Waals surface area contributed by atoms with Gasteiger partial charge in [-0.1, -0.05) is 12.1 Å². The SMILES string of the molecule is Cc1[nH]c2c(N(Cc3ccc(F)cc3)C(=O)O)ccnc2c1C. The Kier molecular flexibility index (Phi) is 3.73. The number of aromatic nitrogens is 2. The molecule has 0 fully saturated rings. The van der Waals surface area contributed by atoms with Crippen molar-refractivity contribution < 1.29 is 14.3 Å². The molecule has 0 atom stereocenters. The summed E-state index contributed by atoms with van der Waals surface area (Å²) >= 11 is 0. The maximum Gasteiger partial charge on any atom is 0.412 e. The van der Waals surface area contributed by atoms with Crippen LogP contribution >= 0.6 is 0 Å². The van der Waals surface area contributed by atoms with Crippen LogP contribution in [0.15, 0.2) is 36.5 Å². The lowest BCUT2D eigenvalue weighted by Gasteiger charge is -2.20. The first-order valence-corrected chi connectivity index (χ1v) is 7.16. The molecule has 1 aromatic carbocycles. The van der Waals surface area contributed by atoms with Crippen LogP contribution in [0.25, 0.3) is 11.0 Å². The molecule has 0 saturated carbocycles. The minimum Gasteiger partial charge on any atom is -0.465 e. The van der Waals surface area contributed by atoms with E-state index < -0.39 is 6.09 Å². The molecule has 0 radical (unpaired) electrons. The number of nitrogens with one attached hydrogen (secondary N) is 1. The highest BCUT2D eigenvalue weighted by Gasteiger charge is 2.20. The normalized spacial score (nSPS) is 10.9. The molecule has 0 aliphatic heterocycles. The Morgan fingerprint density at radius 1 is 1.26 bits per heavy atom. The van der Waals surface area contributed by atoms with E-state index in [2.05, 4.69) is 9.97 Å². The number of nitrogens with zero attached hydrogens (tertiary/aromatic N) is 2. The lowest BCUT2D eigenvalue weighted by molar-refractivity contribution is 0.201. The Hall–Kier alpha value is -2.89. The van der Waals surface area contributed by atoms with Crippen molar-refractivity contribution in [3.05, 3.63) is 59.2 Å². The highest BCUT2D eigenvalue weighted by Crippen LogP contribution is 2.29. The lowest BCUT2D eigenvalue weighted by Crippen LogP contribution is -2.28. The average molecular weight is 313 g/mol. The fourth-order valence-corrected chi connectivity index (χ4v) is 2.57. The number of fused-ring (bicyclic) bond motifs is 1. The summed E-state index contributed by atoms with van der Waals surface area (Å²) in [7, 11) is 0. The van der Waals surface area contributed by atoms with E-state index in [0.29, 0.717) is 16.8 Å². The number of pyridine rings is 1. The first-order valence-electron chi connectivity index (χ1n) is 7.16. The van der Waals surface area contributed by atoms with Gasteiger partial charge in [0.2, 0.25) is 0 Å². The monoisotopic (exact) mass is 313 g/mol. The summed E-state index contributed by atoms with van der Waals surface area (Å²) in [5, 5.41) is 9.60. The third-order valence-corrected chi connectivity index (χ3v) is 3.93. The molecule has 2 N–H and O–H groups in total. The highest BCUT2D eigenvalue weighted by atomic mass is 19.1. The standard InChI is InChI=1S/C17H16FN3O2/c1-10-11(2)20-16-14(7-8-19-15(10)16)21(17(22)23)9-12-3-5-13(18)6-4-12/h3-8,20H,9H2,1-2H3,(H,22,23). The van der Waals surface area contributed by atoms with Crippen LogP contribution < -0.4 is 4.90 Å². The van der Waals surface area contributed by atoms with Crippen molar-refractivity contribution in [2.24, 2.45) is 0 Å². The van der Waals surface area contributed by atoms with E-state index in [-0.39, 0.29) is 12.4 Å². The summed E-state index contributed by atoms with van der Waals surface area (Å²) in [6, 6.07) is 7.46. The minimum absolute atomic E-state index is 0.131. The van der Waals surface area contributed by atoms with Gasteiger partial charge in [-0.05, 0) is 43.2 Å². The number of carbonyl (C=O) groups is 1. The number of aromatic amines is 1. The first kappa shape index (κ1) is 15.0. The maximum absolute atomic E-state index is 13.0. The van der Waals surface area contributed by atoms with E-state index in [4.69, 9.17) is 0 Å². The molecule has 23 heavy (non-hydrogen) atoms. The van der Waals surface area contributed by atoms with E-state index in [1.54, 1.807) is 24.4 Å². The Morgan fingerprint density at radius 3 is 2.61 bits per heavy atom. The van der Waals surface area contributed by atoms with Gasteiger partial charge in [-0.2, -0.15) is 0 Å². The Bertz CT molecular complexity index is 871. The molecule has 0 saturated heterocycles. The van der Waals surface area contributed by atoms with Crippen LogP contribution in [0.4, 0.5) is 14.9 Å². The molecule has 3 rings (SSSR count). The third-order valence-electron chi connectivity index (χ3n) is 3.93. The Balaban J connectivity index is 2.06. The number of hydrogen-bond acceptors (Lipinski definition) is 2. The molecule has 0 unspecified atom stereocenters. The van der Waals surface area contributed by atoms with Crippen molar-refractivity contribution in [1.82, 2.24) is 9.97 Å². The van der Waals surface area contributed by atoms with Gasteiger partial charge in [0.25, 0.3) is 0 Å². The first-order chi connectivity index (χ1) is 11.0. The van der Waals surface area contributed by atoms with Gasteiger partial charge in [0.15, 0.2) is 0 Å². The van der Waals surface area contributed by atoms with Gasteiger partial charge in [0, 0.05) is 11.9 Å². The fourth-order valence-electron chi connectivity index (χ4n) is 2.57. The van der Waals surface area contributed by atoms with Crippen LogP contribution in [0.1, 0.15) is 16.8 Å². The van der Waals surface area contributed by atoms with Crippen LogP contribution in [-0.4, -0.2) is 21.2 Å². The number of carboxylic acid groups (broad SMARTS) is 1. The van der Waals surface area contributed by atoms with Gasteiger partial charge >= 0.3 is 6.09 Å². The Morgan fingerprint density at radius 2 is 1.96 bits per heavy atom. The van der Waals surface area contributed by atoms with Crippen molar-refractivity contribution in [1.29, 1.82) is 0 Å². The maximum atomic E-state index is 13.0. The second kappa shape index (κ2) is 5.72. The quantitative estimate of drug-likeness (QED) is 0.768. The number of halogens is 1. The van der Waals surface area contributed by atoms with Crippen LogP contribution in [0, 0.1) is 19.7 Å². The van der Waals surface area contributed by atoms with Crippen molar-refractivity contribution in [3.63, 3.8) is 0 Å². The summed E-state index contributed by atoms with van der Waals surface area (Å²) < 4.78 is 13.0. The average Bonchev–Trinajstić information content (AvgIpc) is 2.82. The zero-order chi connectivity index (χ0) is 16.6. The molecule has 3 aromatic rings. The van der Waals surface area contributed by atoms with Crippen molar-refractivity contribution in [3.8, 4) is 0 Å². The molecule has 0 bridgehead atoms. The van der Waals surface area contributed by atoms with Crippen LogP contribution in [0.5, 0.6) is 0 Å². The zero-order valence-electron chi connectivity index (χ0n) is 12.8. The van der Waals surface area contributed by atoms with Crippen LogP contribution in [-0.2, 0) is 6.54 Å². The molecular formula is C17H16FN3O2. The predicted molar refractivity (Wildman–Crippen MR) is 86.2 cm³/mol. The topological polar surface area (TPSA) is 69.2 Å². The summed E-state index contributed by atoms with van der Waals surface area (Å²) in [6.07, 6.45) is 0.519. The molecule has 2 heterocycles. The highest BCUT2D eigenvalue weighted by molar-refractivity contribution is 5.99. The molecule has 118 valence electrons. The van der Waals surface area contributed by atoms with Gasteiger partial charge in [0.05, 0.1) is 23.3 Å². The predicted octanol–water partition coefficient (Wildman–Crippen LogP) is 4.00. The molecule has 1 amide bonds. The second-order valence-corrected chi connectivity index (χ2v) is 5.42. The number of amides is 1. The number of aryl methyl sites for hydroxylation is 2. The number of H-pyrrole nitrogens is 1. The smallest absolute Gasteiger partial charge is 0.412 e. The number of anilines is 1. The third kappa shape index (κ3) is 2.75. The van der Waals surface area contributed by atoms with E-state index >= 15 is 0 Å². The molecule has 5 nitrogen and oxygen atoms in total. The van der Waals surface area contributed by atoms with Crippen LogP contribution in [0.3, 0.4) is 0 Å². The number of benzene rings is 1.